The number of esters is 1. The minimum atomic E-state index is -3.96. The van der Waals surface area contributed by atoms with Crippen molar-refractivity contribution in [3.63, 3.8) is 0 Å². The Morgan fingerprint density at radius 1 is 1.48 bits per heavy atom. The van der Waals surface area contributed by atoms with Gasteiger partial charge >= 0.3 is 5.97 Å². The molecule has 0 radical (unpaired) electrons. The van der Waals surface area contributed by atoms with Gasteiger partial charge in [-0.25, -0.2) is 13.2 Å². The zero-order chi connectivity index (χ0) is 16.2. The number of hydrogen-bond donors (Lipinski definition) is 1. The molecule has 1 rings (SSSR count). The predicted octanol–water partition coefficient (Wildman–Crippen LogP) is 0.957. The highest BCUT2D eigenvalue weighted by atomic mass is 32.3. The maximum Gasteiger partial charge on any atom is 0.356 e. The van der Waals surface area contributed by atoms with Crippen LogP contribution in [0.2, 0.25) is 0 Å². The molecule has 7 nitrogen and oxygen atoms in total. The highest BCUT2D eigenvalue weighted by Gasteiger charge is 2.32. The van der Waals surface area contributed by atoms with Crippen molar-refractivity contribution in [2.24, 2.45) is 7.05 Å². The third-order valence-corrected chi connectivity index (χ3v) is 4.97. The molecular formula is C12H17N3O4S2. The highest BCUT2D eigenvalue weighted by molar-refractivity contribution is 7.99. The number of aromatic nitrogens is 2. The third-order valence-electron chi connectivity index (χ3n) is 2.64. The van der Waals surface area contributed by atoms with Gasteiger partial charge in [0.1, 0.15) is 0 Å². The first-order valence-corrected chi connectivity index (χ1v) is 7.72. The second-order valence-corrected chi connectivity index (χ2v) is 6.57. The van der Waals surface area contributed by atoms with Crippen molar-refractivity contribution in [1.82, 2.24) is 13.5 Å². The molecule has 0 aliphatic carbocycles. The first kappa shape index (κ1) is 17.5. The summed E-state index contributed by atoms with van der Waals surface area (Å²) in [7, 11) is -1.28. The number of allylic oxidation sites excluding steroid dienone is 1. The van der Waals surface area contributed by atoms with E-state index in [2.05, 4.69) is 35.8 Å². The minimum Gasteiger partial charge on any atom is -0.464 e. The summed E-state index contributed by atoms with van der Waals surface area (Å²) in [6.45, 7) is 7.03. The Hall–Kier alpha value is -1.58. The molecule has 0 fully saturated rings. The molecular weight excluding hydrogens is 314 g/mol. The number of carbonyl (C=O) groups excluding carboxylic acids is 1. The smallest absolute Gasteiger partial charge is 0.356 e. The number of carbonyl (C=O) groups is 1. The Morgan fingerprint density at radius 2 is 2.10 bits per heavy atom. The molecule has 0 spiro atoms. The van der Waals surface area contributed by atoms with Crippen LogP contribution in [-0.4, -0.2) is 41.5 Å². The van der Waals surface area contributed by atoms with Gasteiger partial charge in [-0.3, -0.25) is 4.68 Å². The lowest BCUT2D eigenvalue weighted by atomic mass is 10.2. The minimum absolute atomic E-state index is 0.00308. The van der Waals surface area contributed by atoms with Gasteiger partial charge in [-0.05, 0) is 6.42 Å². The molecule has 0 saturated carbocycles. The summed E-state index contributed by atoms with van der Waals surface area (Å²) in [4.78, 5) is 11.8. The Bertz CT molecular complexity index is 664. The number of nitrogens with zero attached hydrogens (tertiary/aromatic N) is 3. The van der Waals surface area contributed by atoms with Gasteiger partial charge in [0.05, 0.1) is 7.11 Å². The van der Waals surface area contributed by atoms with E-state index in [4.69, 9.17) is 0 Å². The fourth-order valence-electron chi connectivity index (χ4n) is 1.74. The zero-order valence-electron chi connectivity index (χ0n) is 11.8. The van der Waals surface area contributed by atoms with E-state index < -0.39 is 16.0 Å². The average molecular weight is 331 g/mol. The van der Waals surface area contributed by atoms with Gasteiger partial charge in [0.15, 0.2) is 10.7 Å². The van der Waals surface area contributed by atoms with Crippen molar-refractivity contribution in [1.29, 1.82) is 0 Å². The van der Waals surface area contributed by atoms with Crippen LogP contribution in [0.15, 0.2) is 30.3 Å². The Kier molecular flexibility index (Phi) is 5.76. The van der Waals surface area contributed by atoms with Crippen molar-refractivity contribution in [3.8, 4) is 0 Å². The summed E-state index contributed by atoms with van der Waals surface area (Å²) in [5.41, 5.74) is 0.291. The molecule has 1 aromatic rings. The number of sulfonamides is 1. The van der Waals surface area contributed by atoms with Crippen molar-refractivity contribution in [2.45, 2.75) is 11.4 Å². The van der Waals surface area contributed by atoms with Crippen LogP contribution in [-0.2, 0) is 28.2 Å². The molecule has 0 amide bonds. The molecule has 0 atom stereocenters. The summed E-state index contributed by atoms with van der Waals surface area (Å²) >= 11 is 3.92. The van der Waals surface area contributed by atoms with E-state index in [0.717, 1.165) is 3.71 Å². The average Bonchev–Trinajstić information content (AvgIpc) is 2.76. The van der Waals surface area contributed by atoms with Crippen molar-refractivity contribution >= 4 is 28.8 Å². The number of ether oxygens (including phenoxy) is 1. The van der Waals surface area contributed by atoms with E-state index in [1.165, 1.54) is 31.0 Å². The summed E-state index contributed by atoms with van der Waals surface area (Å²) in [5, 5.41) is 3.68. The summed E-state index contributed by atoms with van der Waals surface area (Å²) < 4.78 is 31.5. The molecule has 0 saturated heterocycles. The monoisotopic (exact) mass is 331 g/mol. The van der Waals surface area contributed by atoms with E-state index >= 15 is 0 Å². The number of methoxy groups -OCH3 is 1. The number of thiol groups is 1. The SMILES string of the molecule is C=CCc1c(S(=O)(=O)N(S)CC=C)nn(C)c1C(=O)OC. The summed E-state index contributed by atoms with van der Waals surface area (Å²) in [5.74, 6) is -0.669. The van der Waals surface area contributed by atoms with Crippen LogP contribution in [0, 0.1) is 0 Å². The molecule has 0 bridgehead atoms. The Labute approximate surface area is 129 Å². The van der Waals surface area contributed by atoms with Crippen LogP contribution in [0.25, 0.3) is 0 Å². The molecule has 0 aliphatic heterocycles. The first-order chi connectivity index (χ1) is 9.81. The Morgan fingerprint density at radius 3 is 2.57 bits per heavy atom. The molecule has 0 aliphatic rings. The number of aryl methyl sites for hydroxylation is 1. The maximum absolute atomic E-state index is 12.4. The molecule has 0 aromatic carbocycles. The van der Waals surface area contributed by atoms with Crippen LogP contribution < -0.4 is 0 Å². The van der Waals surface area contributed by atoms with Crippen molar-refractivity contribution in [2.75, 3.05) is 13.7 Å². The van der Waals surface area contributed by atoms with Gasteiger partial charge in [-0.1, -0.05) is 25.0 Å². The normalized spacial score (nSPS) is 11.4. The van der Waals surface area contributed by atoms with Gasteiger partial charge in [-0.2, -0.15) is 5.10 Å². The lowest BCUT2D eigenvalue weighted by molar-refractivity contribution is 0.0587. The second-order valence-electron chi connectivity index (χ2n) is 4.04. The quantitative estimate of drug-likeness (QED) is 0.457. The van der Waals surface area contributed by atoms with Gasteiger partial charge in [-0.15, -0.1) is 16.9 Å². The topological polar surface area (TPSA) is 81.5 Å². The number of hydrogen-bond acceptors (Lipinski definition) is 6. The zero-order valence-corrected chi connectivity index (χ0v) is 13.5. The highest BCUT2D eigenvalue weighted by Crippen LogP contribution is 2.24. The third kappa shape index (κ3) is 3.36. The van der Waals surface area contributed by atoms with E-state index in [9.17, 15) is 13.2 Å². The standard InChI is InChI=1S/C12H17N3O4S2/c1-5-7-9-10(12(16)19-4)14(3)13-11(9)21(17,18)15(20)8-6-2/h5-6,20H,1-2,7-8H2,3-4H3. The maximum atomic E-state index is 12.4. The number of rotatable bonds is 7. The first-order valence-electron chi connectivity index (χ1n) is 5.88. The molecule has 21 heavy (non-hydrogen) atoms. The van der Waals surface area contributed by atoms with Gasteiger partial charge in [0.2, 0.25) is 0 Å². The van der Waals surface area contributed by atoms with E-state index in [1.807, 2.05) is 0 Å². The molecule has 9 heteroatoms. The molecule has 116 valence electrons. The van der Waals surface area contributed by atoms with Crippen molar-refractivity contribution in [3.05, 3.63) is 36.6 Å². The van der Waals surface area contributed by atoms with Crippen molar-refractivity contribution < 1.29 is 17.9 Å². The van der Waals surface area contributed by atoms with Gasteiger partial charge in [0.25, 0.3) is 10.0 Å². The van der Waals surface area contributed by atoms with E-state index in [0.29, 0.717) is 0 Å². The lowest BCUT2D eigenvalue weighted by Crippen LogP contribution is -2.23. The lowest BCUT2D eigenvalue weighted by Gasteiger charge is -2.12. The Balaban J connectivity index is 3.53. The van der Waals surface area contributed by atoms with Crippen LogP contribution >= 0.6 is 12.8 Å². The molecule has 1 heterocycles. The van der Waals surface area contributed by atoms with Crippen LogP contribution in [0.5, 0.6) is 0 Å². The van der Waals surface area contributed by atoms with Crippen LogP contribution in [0.3, 0.4) is 0 Å². The van der Waals surface area contributed by atoms with Crippen LogP contribution in [0.4, 0.5) is 0 Å². The molecule has 1 aromatic heterocycles. The largest absolute Gasteiger partial charge is 0.464 e. The summed E-state index contributed by atoms with van der Waals surface area (Å²) in [6, 6.07) is 0. The van der Waals surface area contributed by atoms with E-state index in [-0.39, 0.29) is 29.2 Å². The fraction of sp³-hybridized carbons (Fsp3) is 0.333. The fourth-order valence-corrected chi connectivity index (χ4v) is 3.30. The summed E-state index contributed by atoms with van der Waals surface area (Å²) in [6.07, 6.45) is 3.03. The van der Waals surface area contributed by atoms with Crippen LogP contribution in [0.1, 0.15) is 16.1 Å². The second kappa shape index (κ2) is 6.92. The van der Waals surface area contributed by atoms with Gasteiger partial charge < -0.3 is 4.74 Å². The van der Waals surface area contributed by atoms with E-state index in [1.54, 1.807) is 0 Å². The molecule has 0 unspecified atom stereocenters. The predicted molar refractivity (Wildman–Crippen MR) is 81.5 cm³/mol. The molecule has 0 N–H and O–H groups in total. The van der Waals surface area contributed by atoms with Gasteiger partial charge in [0, 0.05) is 19.2 Å².